The Morgan fingerprint density at radius 2 is 1.44 bits per heavy atom. The van der Waals surface area contributed by atoms with Crippen LogP contribution in [0.2, 0.25) is 0 Å². The quantitative estimate of drug-likeness (QED) is 0.225. The summed E-state index contributed by atoms with van der Waals surface area (Å²) in [6.45, 7) is 6.20. The molecule has 0 aliphatic carbocycles. The molecule has 7 nitrogen and oxygen atoms in total. The smallest absolute Gasteiger partial charge is 0.412 e. The van der Waals surface area contributed by atoms with Crippen LogP contribution in [0, 0.1) is 0 Å². The number of fused-ring (bicyclic) bond motifs is 1. The Morgan fingerprint density at radius 1 is 0.878 bits per heavy atom. The molecule has 1 aliphatic heterocycles. The molecule has 0 radical (unpaired) electrons. The van der Waals surface area contributed by atoms with Crippen LogP contribution in [0.5, 0.6) is 0 Å². The van der Waals surface area contributed by atoms with Crippen LogP contribution in [0.15, 0.2) is 116 Å². The van der Waals surface area contributed by atoms with Crippen LogP contribution < -0.4 is 10.6 Å². The van der Waals surface area contributed by atoms with Crippen LogP contribution in [0.3, 0.4) is 0 Å². The number of pyridine rings is 1. The number of carbonyl (C=O) groups is 1. The standard InChI is InChI=1S/C34H33N5O2/c1-33(2,3)41-32(40)38-28-19-29-30(22-36-31(29)35-21-28)24-20-37-39(23-24)34(25-13-7-4-8-14-25,26-15-9-5-10-16-26)27-17-11-6-12-18-27/h4-21,23,30H,22H2,1-3H3,(H,35,36)(H,38,40). The second-order valence-electron chi connectivity index (χ2n) is 11.2. The zero-order valence-electron chi connectivity index (χ0n) is 23.4. The van der Waals surface area contributed by atoms with Gasteiger partial charge in [0.15, 0.2) is 0 Å². The SMILES string of the molecule is CC(C)(C)OC(=O)Nc1cnc2c(c1)C(c1cnn(C(c3ccccc3)(c3ccccc3)c3ccccc3)c1)CN2. The molecule has 1 atom stereocenters. The van der Waals surface area contributed by atoms with E-state index in [0.717, 1.165) is 33.6 Å². The summed E-state index contributed by atoms with van der Waals surface area (Å²) in [5.74, 6) is 0.810. The van der Waals surface area contributed by atoms with Crippen LogP contribution in [0.25, 0.3) is 0 Å². The fourth-order valence-electron chi connectivity index (χ4n) is 5.63. The van der Waals surface area contributed by atoms with Gasteiger partial charge in [-0.25, -0.2) is 9.78 Å². The van der Waals surface area contributed by atoms with Gasteiger partial charge in [0.2, 0.25) is 0 Å². The lowest BCUT2D eigenvalue weighted by Gasteiger charge is -2.36. The van der Waals surface area contributed by atoms with Crippen LogP contribution in [0.4, 0.5) is 16.3 Å². The summed E-state index contributed by atoms with van der Waals surface area (Å²) >= 11 is 0. The molecule has 6 rings (SSSR count). The summed E-state index contributed by atoms with van der Waals surface area (Å²) in [6, 6.07) is 33.5. The normalized spacial score (nSPS) is 14.7. The van der Waals surface area contributed by atoms with Gasteiger partial charge in [-0.3, -0.25) is 10.00 Å². The number of hydrogen-bond donors (Lipinski definition) is 2. The molecule has 206 valence electrons. The Labute approximate surface area is 240 Å². The second-order valence-corrected chi connectivity index (χ2v) is 11.2. The molecule has 2 N–H and O–H groups in total. The first-order valence-electron chi connectivity index (χ1n) is 13.8. The zero-order valence-corrected chi connectivity index (χ0v) is 23.4. The van der Waals surface area contributed by atoms with E-state index in [4.69, 9.17) is 9.84 Å². The van der Waals surface area contributed by atoms with Crippen LogP contribution in [-0.2, 0) is 10.3 Å². The number of nitrogens with one attached hydrogen (secondary N) is 2. The third-order valence-corrected chi connectivity index (χ3v) is 7.33. The molecule has 1 amide bonds. The van der Waals surface area contributed by atoms with Crippen molar-refractivity contribution in [3.63, 3.8) is 0 Å². The summed E-state index contributed by atoms with van der Waals surface area (Å²) in [6.07, 6.45) is 5.22. The highest BCUT2D eigenvalue weighted by atomic mass is 16.6. The van der Waals surface area contributed by atoms with Gasteiger partial charge in [-0.05, 0) is 49.1 Å². The maximum Gasteiger partial charge on any atom is 0.412 e. The van der Waals surface area contributed by atoms with E-state index in [9.17, 15) is 4.79 Å². The Morgan fingerprint density at radius 3 is 1.98 bits per heavy atom. The number of amides is 1. The van der Waals surface area contributed by atoms with Crippen molar-refractivity contribution >= 4 is 17.6 Å². The number of benzene rings is 3. The van der Waals surface area contributed by atoms with Crippen molar-refractivity contribution in [1.82, 2.24) is 14.8 Å². The molecule has 2 aromatic heterocycles. The van der Waals surface area contributed by atoms with E-state index in [-0.39, 0.29) is 5.92 Å². The zero-order chi connectivity index (χ0) is 28.5. The van der Waals surface area contributed by atoms with E-state index in [2.05, 4.69) is 99.3 Å². The molecular weight excluding hydrogens is 510 g/mol. The van der Waals surface area contributed by atoms with Crippen molar-refractivity contribution in [2.75, 3.05) is 17.2 Å². The highest BCUT2D eigenvalue weighted by Gasteiger charge is 2.40. The number of ether oxygens (including phenoxy) is 1. The van der Waals surface area contributed by atoms with E-state index in [1.54, 1.807) is 6.20 Å². The van der Waals surface area contributed by atoms with Gasteiger partial charge in [0.25, 0.3) is 0 Å². The fourth-order valence-corrected chi connectivity index (χ4v) is 5.63. The van der Waals surface area contributed by atoms with Gasteiger partial charge in [-0.2, -0.15) is 5.10 Å². The topological polar surface area (TPSA) is 81.1 Å². The van der Waals surface area contributed by atoms with Gasteiger partial charge in [-0.1, -0.05) is 91.0 Å². The van der Waals surface area contributed by atoms with E-state index in [0.29, 0.717) is 12.2 Å². The molecule has 0 saturated carbocycles. The lowest BCUT2D eigenvalue weighted by molar-refractivity contribution is 0.0636. The summed E-state index contributed by atoms with van der Waals surface area (Å²) in [4.78, 5) is 17.0. The Hall–Kier alpha value is -4.91. The first-order chi connectivity index (χ1) is 19.8. The third-order valence-electron chi connectivity index (χ3n) is 7.33. The Bertz CT molecular complexity index is 1550. The second kappa shape index (κ2) is 10.6. The van der Waals surface area contributed by atoms with Crippen molar-refractivity contribution in [3.05, 3.63) is 143 Å². The van der Waals surface area contributed by atoms with Crippen molar-refractivity contribution in [2.24, 2.45) is 0 Å². The lowest BCUT2D eigenvalue weighted by Crippen LogP contribution is -2.38. The summed E-state index contributed by atoms with van der Waals surface area (Å²) < 4.78 is 7.51. The van der Waals surface area contributed by atoms with Gasteiger partial charge in [0.1, 0.15) is 17.0 Å². The predicted octanol–water partition coefficient (Wildman–Crippen LogP) is 7.02. The molecule has 41 heavy (non-hydrogen) atoms. The first kappa shape index (κ1) is 26.3. The molecule has 1 aliphatic rings. The van der Waals surface area contributed by atoms with Crippen LogP contribution in [0.1, 0.15) is 54.5 Å². The molecule has 1 unspecified atom stereocenters. The minimum Gasteiger partial charge on any atom is -0.444 e. The number of rotatable bonds is 6. The predicted molar refractivity (Wildman–Crippen MR) is 161 cm³/mol. The minimum atomic E-state index is -0.685. The summed E-state index contributed by atoms with van der Waals surface area (Å²) in [5.41, 5.74) is 4.71. The highest BCUT2D eigenvalue weighted by molar-refractivity contribution is 5.85. The number of hydrogen-bond acceptors (Lipinski definition) is 5. The molecule has 3 heterocycles. The van der Waals surface area contributed by atoms with Gasteiger partial charge in [-0.15, -0.1) is 0 Å². The molecule has 7 heteroatoms. The molecule has 0 fully saturated rings. The molecular formula is C34H33N5O2. The number of anilines is 2. The van der Waals surface area contributed by atoms with Crippen LogP contribution >= 0.6 is 0 Å². The average molecular weight is 544 g/mol. The van der Waals surface area contributed by atoms with Crippen molar-refractivity contribution in [3.8, 4) is 0 Å². The number of nitrogens with zero attached hydrogens (tertiary/aromatic N) is 3. The number of aromatic nitrogens is 3. The first-order valence-corrected chi connectivity index (χ1v) is 13.8. The van der Waals surface area contributed by atoms with E-state index in [1.807, 2.05) is 51.2 Å². The molecule has 5 aromatic rings. The van der Waals surface area contributed by atoms with Crippen molar-refractivity contribution < 1.29 is 9.53 Å². The maximum atomic E-state index is 12.4. The van der Waals surface area contributed by atoms with Gasteiger partial charge < -0.3 is 10.1 Å². The molecule has 3 aromatic carbocycles. The van der Waals surface area contributed by atoms with Gasteiger partial charge in [0, 0.05) is 24.2 Å². The Balaban J connectivity index is 1.43. The highest BCUT2D eigenvalue weighted by Crippen LogP contribution is 2.42. The summed E-state index contributed by atoms with van der Waals surface area (Å²) in [5, 5.41) is 11.3. The lowest BCUT2D eigenvalue weighted by atomic mass is 9.77. The fraction of sp³-hybridized carbons (Fsp3) is 0.206. The van der Waals surface area contributed by atoms with E-state index in [1.165, 1.54) is 0 Å². The van der Waals surface area contributed by atoms with Crippen molar-refractivity contribution in [2.45, 2.75) is 37.8 Å². The van der Waals surface area contributed by atoms with E-state index >= 15 is 0 Å². The van der Waals surface area contributed by atoms with Gasteiger partial charge >= 0.3 is 6.09 Å². The minimum absolute atomic E-state index is 0.00616. The number of carbonyl (C=O) groups excluding carboxylic acids is 1. The maximum absolute atomic E-state index is 12.4. The largest absolute Gasteiger partial charge is 0.444 e. The van der Waals surface area contributed by atoms with Crippen molar-refractivity contribution in [1.29, 1.82) is 0 Å². The molecule has 0 saturated heterocycles. The third kappa shape index (κ3) is 5.07. The molecule has 0 bridgehead atoms. The monoisotopic (exact) mass is 543 g/mol. The van der Waals surface area contributed by atoms with E-state index < -0.39 is 17.2 Å². The van der Waals surface area contributed by atoms with Crippen LogP contribution in [-0.4, -0.2) is 33.0 Å². The summed E-state index contributed by atoms with van der Waals surface area (Å²) in [7, 11) is 0. The van der Waals surface area contributed by atoms with Gasteiger partial charge in [0.05, 0.1) is 18.1 Å². The average Bonchev–Trinajstić information content (AvgIpc) is 3.62. The Kier molecular flexibility index (Phi) is 6.79. The molecule has 0 spiro atoms.